The molecule has 1 unspecified atom stereocenters. The summed E-state index contributed by atoms with van der Waals surface area (Å²) in [6, 6.07) is 13.0. The molecular formula is C22H19NO2S. The Kier molecular flexibility index (Phi) is 3.41. The first-order valence-corrected chi connectivity index (χ1v) is 9.80. The van der Waals surface area contributed by atoms with Crippen LogP contribution in [0.25, 0.3) is 21.9 Å². The smallest absolute Gasteiger partial charge is 0.320 e. The number of hydrogen-bond donors (Lipinski definition) is 1. The predicted molar refractivity (Wildman–Crippen MR) is 105 cm³/mol. The van der Waals surface area contributed by atoms with Crippen LogP contribution in [-0.4, -0.2) is 20.8 Å². The molecule has 1 atom stereocenters. The number of carboxylic acids is 1. The molecule has 0 amide bonds. The van der Waals surface area contributed by atoms with Gasteiger partial charge >= 0.3 is 5.97 Å². The van der Waals surface area contributed by atoms with Crippen molar-refractivity contribution in [1.29, 1.82) is 0 Å². The van der Waals surface area contributed by atoms with Crippen LogP contribution in [0.5, 0.6) is 0 Å². The molecule has 5 rings (SSSR count). The molecule has 4 heteroatoms. The van der Waals surface area contributed by atoms with Crippen LogP contribution in [0.2, 0.25) is 0 Å². The highest BCUT2D eigenvalue weighted by molar-refractivity contribution is 8.01. The van der Waals surface area contributed by atoms with Gasteiger partial charge in [0, 0.05) is 29.3 Å². The Morgan fingerprint density at radius 3 is 2.62 bits per heavy atom. The number of carboxylic acid groups (broad SMARTS) is 1. The van der Waals surface area contributed by atoms with Gasteiger partial charge in [0.25, 0.3) is 0 Å². The molecule has 0 saturated heterocycles. The van der Waals surface area contributed by atoms with Gasteiger partial charge in [-0.3, -0.25) is 9.78 Å². The highest BCUT2D eigenvalue weighted by Crippen LogP contribution is 2.51. The SMILES string of the molecule is CC1(C(=O)O)Cc2cncc(-c3ccc(C4CC4)c4ccccc34)c2S1. The number of rotatable bonds is 3. The molecule has 3 nitrogen and oxygen atoms in total. The average Bonchev–Trinajstić information content (AvgIpc) is 3.41. The van der Waals surface area contributed by atoms with Gasteiger partial charge in [-0.25, -0.2) is 0 Å². The van der Waals surface area contributed by atoms with E-state index in [0.29, 0.717) is 12.3 Å². The summed E-state index contributed by atoms with van der Waals surface area (Å²) in [6.07, 6.45) is 6.77. The van der Waals surface area contributed by atoms with E-state index >= 15 is 0 Å². The fourth-order valence-electron chi connectivity index (χ4n) is 3.98. The summed E-state index contributed by atoms with van der Waals surface area (Å²) in [5.74, 6) is -0.0724. The van der Waals surface area contributed by atoms with E-state index in [2.05, 4.69) is 41.4 Å². The van der Waals surface area contributed by atoms with Crippen LogP contribution < -0.4 is 0 Å². The van der Waals surface area contributed by atoms with Crippen molar-refractivity contribution in [2.24, 2.45) is 0 Å². The van der Waals surface area contributed by atoms with Gasteiger partial charge in [-0.2, -0.15) is 0 Å². The summed E-state index contributed by atoms with van der Waals surface area (Å²) in [6.45, 7) is 1.80. The van der Waals surface area contributed by atoms with Crippen molar-refractivity contribution in [3.63, 3.8) is 0 Å². The largest absolute Gasteiger partial charge is 0.480 e. The second kappa shape index (κ2) is 5.58. The molecule has 1 saturated carbocycles. The van der Waals surface area contributed by atoms with Gasteiger partial charge in [0.1, 0.15) is 4.75 Å². The first-order chi connectivity index (χ1) is 12.6. The lowest BCUT2D eigenvalue weighted by Crippen LogP contribution is -2.30. The molecule has 1 aliphatic carbocycles. The molecule has 130 valence electrons. The lowest BCUT2D eigenvalue weighted by Gasteiger charge is -2.16. The number of thioether (sulfide) groups is 1. The molecular weight excluding hydrogens is 342 g/mol. The average molecular weight is 361 g/mol. The fraction of sp³-hybridized carbons (Fsp3) is 0.273. The number of benzene rings is 2. The molecule has 1 fully saturated rings. The van der Waals surface area contributed by atoms with Gasteiger partial charge in [0.15, 0.2) is 0 Å². The van der Waals surface area contributed by atoms with Gasteiger partial charge in [-0.15, -0.1) is 11.8 Å². The minimum Gasteiger partial charge on any atom is -0.480 e. The van der Waals surface area contributed by atoms with Crippen molar-refractivity contribution in [3.8, 4) is 11.1 Å². The zero-order valence-corrected chi connectivity index (χ0v) is 15.3. The van der Waals surface area contributed by atoms with E-state index in [4.69, 9.17) is 0 Å². The Morgan fingerprint density at radius 1 is 1.12 bits per heavy atom. The number of nitrogens with zero attached hydrogens (tertiary/aromatic N) is 1. The third-order valence-electron chi connectivity index (χ3n) is 5.54. The van der Waals surface area contributed by atoms with Gasteiger partial charge in [-0.1, -0.05) is 36.4 Å². The highest BCUT2D eigenvalue weighted by Gasteiger charge is 2.42. The summed E-state index contributed by atoms with van der Waals surface area (Å²) < 4.78 is -0.816. The summed E-state index contributed by atoms with van der Waals surface area (Å²) >= 11 is 1.46. The molecule has 2 aliphatic rings. The Balaban J connectivity index is 1.71. The van der Waals surface area contributed by atoms with Crippen LogP contribution in [0.15, 0.2) is 53.7 Å². The zero-order chi connectivity index (χ0) is 17.9. The summed E-state index contributed by atoms with van der Waals surface area (Å²) in [5.41, 5.74) is 4.67. The monoisotopic (exact) mass is 361 g/mol. The lowest BCUT2D eigenvalue weighted by atomic mass is 9.93. The van der Waals surface area contributed by atoms with Crippen molar-refractivity contribution in [3.05, 3.63) is 59.9 Å². The Hall–Kier alpha value is -2.33. The standard InChI is InChI=1S/C22H19NO2S/c1-22(21(24)25)10-14-11-23-12-19(20(14)26-22)18-9-8-15(13-6-7-13)16-4-2-3-5-17(16)18/h2-5,8-9,11-13H,6-7,10H2,1H3,(H,24,25). The minimum absolute atomic E-state index is 0.515. The molecule has 26 heavy (non-hydrogen) atoms. The van der Waals surface area contributed by atoms with Crippen LogP contribution in [0.1, 0.15) is 36.8 Å². The van der Waals surface area contributed by atoms with E-state index in [-0.39, 0.29) is 0 Å². The maximum Gasteiger partial charge on any atom is 0.320 e. The lowest BCUT2D eigenvalue weighted by molar-refractivity contribution is -0.139. The van der Waals surface area contributed by atoms with E-state index in [1.54, 1.807) is 6.92 Å². The highest BCUT2D eigenvalue weighted by atomic mass is 32.2. The van der Waals surface area contributed by atoms with Gasteiger partial charge < -0.3 is 5.11 Å². The van der Waals surface area contributed by atoms with Crippen LogP contribution in [-0.2, 0) is 11.2 Å². The van der Waals surface area contributed by atoms with Crippen LogP contribution in [0.3, 0.4) is 0 Å². The van der Waals surface area contributed by atoms with Crippen LogP contribution in [0.4, 0.5) is 0 Å². The van der Waals surface area contributed by atoms with Crippen molar-refractivity contribution < 1.29 is 9.90 Å². The maximum absolute atomic E-state index is 11.7. The molecule has 3 aromatic rings. The quantitative estimate of drug-likeness (QED) is 0.690. The predicted octanol–water partition coefficient (Wildman–Crippen LogP) is 5.27. The van der Waals surface area contributed by atoms with E-state index in [1.807, 2.05) is 12.4 Å². The zero-order valence-electron chi connectivity index (χ0n) is 14.5. The van der Waals surface area contributed by atoms with Crippen molar-refractivity contribution in [1.82, 2.24) is 4.98 Å². The summed E-state index contributed by atoms with van der Waals surface area (Å²) in [7, 11) is 0. The topological polar surface area (TPSA) is 50.2 Å². The van der Waals surface area contributed by atoms with Crippen molar-refractivity contribution in [2.75, 3.05) is 0 Å². The number of hydrogen-bond acceptors (Lipinski definition) is 3. The third kappa shape index (κ3) is 2.36. The van der Waals surface area contributed by atoms with Gasteiger partial charge in [0.05, 0.1) is 0 Å². The normalized spacial score (nSPS) is 21.7. The van der Waals surface area contributed by atoms with Crippen LogP contribution in [0, 0.1) is 0 Å². The molecule has 1 aromatic heterocycles. The number of pyridine rings is 1. The van der Waals surface area contributed by atoms with Crippen LogP contribution >= 0.6 is 11.8 Å². The van der Waals surface area contributed by atoms with Crippen molar-refractivity contribution >= 4 is 28.5 Å². The molecule has 1 aliphatic heterocycles. The van der Waals surface area contributed by atoms with E-state index in [9.17, 15) is 9.90 Å². The number of aromatic nitrogens is 1. The number of fused-ring (bicyclic) bond motifs is 2. The molecule has 0 radical (unpaired) electrons. The Labute approximate surface area is 156 Å². The molecule has 0 spiro atoms. The minimum atomic E-state index is -0.816. The molecule has 2 aromatic carbocycles. The summed E-state index contributed by atoms with van der Waals surface area (Å²) in [4.78, 5) is 17.2. The number of aliphatic carboxylic acids is 1. The fourth-order valence-corrected chi connectivity index (χ4v) is 5.28. The van der Waals surface area contributed by atoms with Crippen molar-refractivity contribution in [2.45, 2.75) is 41.7 Å². The second-order valence-corrected chi connectivity index (χ2v) is 9.03. The van der Waals surface area contributed by atoms with E-state index in [0.717, 1.165) is 21.6 Å². The Morgan fingerprint density at radius 2 is 1.88 bits per heavy atom. The van der Waals surface area contributed by atoms with Gasteiger partial charge in [0.2, 0.25) is 0 Å². The summed E-state index contributed by atoms with van der Waals surface area (Å²) in [5, 5.41) is 12.2. The Bertz CT molecular complexity index is 1060. The van der Waals surface area contributed by atoms with E-state index < -0.39 is 10.7 Å². The first-order valence-electron chi connectivity index (χ1n) is 8.98. The van der Waals surface area contributed by atoms with E-state index in [1.165, 1.54) is 40.9 Å². The molecule has 1 N–H and O–H groups in total. The van der Waals surface area contributed by atoms with Gasteiger partial charge in [-0.05, 0) is 53.1 Å². The third-order valence-corrected chi connectivity index (χ3v) is 7.00. The number of carbonyl (C=O) groups is 1. The maximum atomic E-state index is 11.7. The molecule has 0 bridgehead atoms. The first kappa shape index (κ1) is 15.9. The molecule has 2 heterocycles. The second-order valence-electron chi connectivity index (χ2n) is 7.51.